The van der Waals surface area contributed by atoms with E-state index in [4.69, 9.17) is 4.74 Å². The van der Waals surface area contributed by atoms with Crippen molar-refractivity contribution in [1.29, 1.82) is 0 Å². The number of methoxy groups -OCH3 is 1. The zero-order valence-electron chi connectivity index (χ0n) is 11.1. The Bertz CT molecular complexity index is 662. The van der Waals surface area contributed by atoms with Gasteiger partial charge in [-0.2, -0.15) is 0 Å². The summed E-state index contributed by atoms with van der Waals surface area (Å²) in [6.07, 6.45) is 0. The fourth-order valence-corrected chi connectivity index (χ4v) is 1.86. The molecular formula is C15H13NO4. The van der Waals surface area contributed by atoms with Gasteiger partial charge in [-0.1, -0.05) is 12.1 Å². The zero-order chi connectivity index (χ0) is 14.7. The van der Waals surface area contributed by atoms with E-state index in [0.29, 0.717) is 22.4 Å². The molecule has 0 unspecified atom stereocenters. The Labute approximate surface area is 116 Å². The number of hydrogen-bond acceptors (Lipinski definition) is 4. The number of nitrogens with zero attached hydrogens (tertiary/aromatic N) is 1. The summed E-state index contributed by atoms with van der Waals surface area (Å²) < 4.78 is 5.02. The molecule has 0 aromatic heterocycles. The van der Waals surface area contributed by atoms with Gasteiger partial charge in [0.1, 0.15) is 5.75 Å². The van der Waals surface area contributed by atoms with Gasteiger partial charge in [0.05, 0.1) is 12.0 Å². The topological polar surface area (TPSA) is 69.4 Å². The Kier molecular flexibility index (Phi) is 3.79. The second-order valence-corrected chi connectivity index (χ2v) is 4.32. The molecular weight excluding hydrogens is 258 g/mol. The largest absolute Gasteiger partial charge is 0.497 e. The van der Waals surface area contributed by atoms with Crippen molar-refractivity contribution in [2.45, 2.75) is 6.92 Å². The molecule has 2 aromatic rings. The van der Waals surface area contributed by atoms with Crippen LogP contribution in [0.3, 0.4) is 0 Å². The number of ether oxygens (including phenoxy) is 1. The van der Waals surface area contributed by atoms with Crippen LogP contribution >= 0.6 is 0 Å². The Hall–Kier alpha value is -2.69. The quantitative estimate of drug-likeness (QED) is 0.486. The molecule has 0 bridgehead atoms. The smallest absolute Gasteiger partial charge is 0.273 e. The molecule has 0 radical (unpaired) electrons. The minimum atomic E-state index is -0.486. The van der Waals surface area contributed by atoms with Gasteiger partial charge >= 0.3 is 0 Å². The SMILES string of the molecule is COc1ccc(C(=O)c2ccc(C)c([N+](=O)[O-])c2)cc1. The number of hydrogen-bond donors (Lipinski definition) is 0. The van der Waals surface area contributed by atoms with E-state index in [9.17, 15) is 14.9 Å². The lowest BCUT2D eigenvalue weighted by molar-refractivity contribution is -0.385. The van der Waals surface area contributed by atoms with Crippen LogP contribution in [0.1, 0.15) is 21.5 Å². The highest BCUT2D eigenvalue weighted by Crippen LogP contribution is 2.22. The molecule has 2 aromatic carbocycles. The Balaban J connectivity index is 2.37. The van der Waals surface area contributed by atoms with Gasteiger partial charge in [0.25, 0.3) is 5.69 Å². The van der Waals surface area contributed by atoms with Crippen molar-refractivity contribution >= 4 is 11.5 Å². The number of nitro benzene ring substituents is 1. The third kappa shape index (κ3) is 2.66. The third-order valence-electron chi connectivity index (χ3n) is 3.02. The summed E-state index contributed by atoms with van der Waals surface area (Å²) in [7, 11) is 1.54. The number of rotatable bonds is 4. The van der Waals surface area contributed by atoms with E-state index in [-0.39, 0.29) is 11.5 Å². The fraction of sp³-hybridized carbons (Fsp3) is 0.133. The molecule has 0 aliphatic heterocycles. The number of ketones is 1. The van der Waals surface area contributed by atoms with E-state index in [2.05, 4.69) is 0 Å². The molecule has 0 amide bonds. The van der Waals surface area contributed by atoms with E-state index >= 15 is 0 Å². The monoisotopic (exact) mass is 271 g/mol. The lowest BCUT2D eigenvalue weighted by Gasteiger charge is -2.04. The molecule has 0 fully saturated rings. The van der Waals surface area contributed by atoms with Crippen molar-refractivity contribution in [2.24, 2.45) is 0 Å². The highest BCUT2D eigenvalue weighted by molar-refractivity contribution is 6.09. The molecule has 0 spiro atoms. The molecule has 0 heterocycles. The van der Waals surface area contributed by atoms with Crippen molar-refractivity contribution < 1.29 is 14.5 Å². The van der Waals surface area contributed by atoms with Crippen LogP contribution in [0.5, 0.6) is 5.75 Å². The molecule has 0 saturated heterocycles. The first kappa shape index (κ1) is 13.7. The van der Waals surface area contributed by atoms with Gasteiger partial charge in [0, 0.05) is 22.8 Å². The summed E-state index contributed by atoms with van der Waals surface area (Å²) in [6.45, 7) is 1.64. The van der Waals surface area contributed by atoms with Gasteiger partial charge in [-0.05, 0) is 31.2 Å². The first-order chi connectivity index (χ1) is 9.52. The maximum atomic E-state index is 12.3. The molecule has 5 nitrogen and oxygen atoms in total. The van der Waals surface area contributed by atoms with Crippen LogP contribution in [0.2, 0.25) is 0 Å². The number of aryl methyl sites for hydroxylation is 1. The second kappa shape index (κ2) is 5.52. The first-order valence-corrected chi connectivity index (χ1v) is 5.96. The van der Waals surface area contributed by atoms with Crippen LogP contribution < -0.4 is 4.74 Å². The van der Waals surface area contributed by atoms with Crippen molar-refractivity contribution in [3.05, 3.63) is 69.3 Å². The summed E-state index contributed by atoms with van der Waals surface area (Å²) in [4.78, 5) is 22.7. The minimum absolute atomic E-state index is 0.0515. The molecule has 20 heavy (non-hydrogen) atoms. The van der Waals surface area contributed by atoms with Crippen molar-refractivity contribution in [2.75, 3.05) is 7.11 Å². The average Bonchev–Trinajstić information content (AvgIpc) is 2.47. The lowest BCUT2D eigenvalue weighted by atomic mass is 10.0. The number of carbonyl (C=O) groups excluding carboxylic acids is 1. The Morgan fingerprint density at radius 3 is 2.25 bits per heavy atom. The van der Waals surface area contributed by atoms with Crippen LogP contribution in [0.15, 0.2) is 42.5 Å². The van der Waals surface area contributed by atoms with Gasteiger partial charge in [-0.3, -0.25) is 14.9 Å². The van der Waals surface area contributed by atoms with Gasteiger partial charge in [0.2, 0.25) is 0 Å². The molecule has 5 heteroatoms. The Morgan fingerprint density at radius 1 is 1.10 bits per heavy atom. The lowest BCUT2D eigenvalue weighted by Crippen LogP contribution is -2.03. The second-order valence-electron chi connectivity index (χ2n) is 4.32. The van der Waals surface area contributed by atoms with Crippen molar-refractivity contribution in [1.82, 2.24) is 0 Å². The van der Waals surface area contributed by atoms with Crippen LogP contribution in [0, 0.1) is 17.0 Å². The highest BCUT2D eigenvalue weighted by Gasteiger charge is 2.16. The maximum Gasteiger partial charge on any atom is 0.273 e. The third-order valence-corrected chi connectivity index (χ3v) is 3.02. The van der Waals surface area contributed by atoms with Gasteiger partial charge < -0.3 is 4.74 Å². The summed E-state index contributed by atoms with van der Waals surface area (Å²) in [5.74, 6) is 0.396. The average molecular weight is 271 g/mol. The maximum absolute atomic E-state index is 12.3. The summed E-state index contributed by atoms with van der Waals surface area (Å²) in [5, 5.41) is 10.9. The van der Waals surface area contributed by atoms with Gasteiger partial charge in [0.15, 0.2) is 5.78 Å². The highest BCUT2D eigenvalue weighted by atomic mass is 16.6. The van der Waals surface area contributed by atoms with Gasteiger partial charge in [-0.15, -0.1) is 0 Å². The fourth-order valence-electron chi connectivity index (χ4n) is 1.86. The van der Waals surface area contributed by atoms with Crippen LogP contribution in [-0.2, 0) is 0 Å². The summed E-state index contributed by atoms with van der Waals surface area (Å²) in [5.41, 5.74) is 1.24. The molecule has 0 atom stereocenters. The summed E-state index contributed by atoms with van der Waals surface area (Å²) in [6, 6.07) is 11.1. The molecule has 2 rings (SSSR count). The molecule has 102 valence electrons. The summed E-state index contributed by atoms with van der Waals surface area (Å²) >= 11 is 0. The number of nitro groups is 1. The van der Waals surface area contributed by atoms with Crippen LogP contribution in [0.4, 0.5) is 5.69 Å². The normalized spacial score (nSPS) is 10.1. The standard InChI is InChI=1S/C15H13NO4/c1-10-3-4-12(9-14(10)16(18)19)15(17)11-5-7-13(20-2)8-6-11/h3-9H,1-2H3. The van der Waals surface area contributed by atoms with Gasteiger partial charge in [-0.25, -0.2) is 0 Å². The van der Waals surface area contributed by atoms with Crippen molar-refractivity contribution in [3.8, 4) is 5.75 Å². The van der Waals surface area contributed by atoms with Crippen molar-refractivity contribution in [3.63, 3.8) is 0 Å². The molecule has 0 saturated carbocycles. The molecule has 0 aliphatic carbocycles. The number of carbonyl (C=O) groups is 1. The zero-order valence-corrected chi connectivity index (χ0v) is 11.1. The minimum Gasteiger partial charge on any atom is -0.497 e. The van der Waals surface area contributed by atoms with Crippen LogP contribution in [-0.4, -0.2) is 17.8 Å². The Morgan fingerprint density at radius 2 is 1.70 bits per heavy atom. The van der Waals surface area contributed by atoms with E-state index in [1.165, 1.54) is 6.07 Å². The van der Waals surface area contributed by atoms with E-state index in [0.717, 1.165) is 0 Å². The molecule has 0 N–H and O–H groups in total. The van der Waals surface area contributed by atoms with Crippen LogP contribution in [0.25, 0.3) is 0 Å². The van der Waals surface area contributed by atoms with E-state index < -0.39 is 4.92 Å². The predicted octanol–water partition coefficient (Wildman–Crippen LogP) is 3.14. The van der Waals surface area contributed by atoms with E-state index in [1.54, 1.807) is 50.4 Å². The predicted molar refractivity (Wildman–Crippen MR) is 74.3 cm³/mol. The first-order valence-electron chi connectivity index (χ1n) is 5.96. The number of benzene rings is 2. The van der Waals surface area contributed by atoms with E-state index in [1.807, 2.05) is 0 Å². The molecule has 0 aliphatic rings.